The van der Waals surface area contributed by atoms with E-state index in [9.17, 15) is 19.7 Å². The number of benzene rings is 1. The van der Waals surface area contributed by atoms with Crippen molar-refractivity contribution in [1.82, 2.24) is 9.88 Å². The molecule has 0 aliphatic rings. The fourth-order valence-electron chi connectivity index (χ4n) is 2.20. The van der Waals surface area contributed by atoms with Gasteiger partial charge in [-0.25, -0.2) is 4.79 Å². The molecule has 0 fully saturated rings. The molecule has 0 bridgehead atoms. The molecule has 1 N–H and O–H groups in total. The Bertz CT molecular complexity index is 786. The van der Waals surface area contributed by atoms with Crippen LogP contribution < -0.4 is 5.32 Å². The molecule has 8 nitrogen and oxygen atoms in total. The number of carbonyl (C=O) groups excluding carboxylic acids is 2. The lowest BCUT2D eigenvalue weighted by molar-refractivity contribution is -0.383. The van der Waals surface area contributed by atoms with Gasteiger partial charge in [0, 0.05) is 4.47 Å². The molecule has 23 heavy (non-hydrogen) atoms. The fraction of sp³-hybridized carbons (Fsp3) is 0.286. The van der Waals surface area contributed by atoms with Crippen molar-refractivity contribution in [3.8, 4) is 0 Å². The Hall–Kier alpha value is -2.42. The minimum absolute atomic E-state index is 0.0821. The third-order valence-corrected chi connectivity index (χ3v) is 3.76. The van der Waals surface area contributed by atoms with Gasteiger partial charge in [0.25, 0.3) is 5.69 Å². The number of rotatable bonds is 5. The second kappa shape index (κ2) is 6.78. The summed E-state index contributed by atoms with van der Waals surface area (Å²) in [6.45, 7) is 1.35. The summed E-state index contributed by atoms with van der Waals surface area (Å²) in [5.41, 5.74) is 0.466. The van der Waals surface area contributed by atoms with E-state index in [0.717, 1.165) is 4.47 Å². The normalized spacial score (nSPS) is 12.0. The highest BCUT2D eigenvalue weighted by Gasteiger charge is 2.21. The summed E-state index contributed by atoms with van der Waals surface area (Å²) in [7, 11) is 1.23. The summed E-state index contributed by atoms with van der Waals surface area (Å²) < 4.78 is 6.74. The van der Waals surface area contributed by atoms with E-state index in [1.807, 2.05) is 0 Å². The van der Waals surface area contributed by atoms with E-state index in [0.29, 0.717) is 10.9 Å². The molecule has 2 aromatic rings. The Kier molecular flexibility index (Phi) is 4.99. The maximum atomic E-state index is 12.0. The van der Waals surface area contributed by atoms with E-state index < -0.39 is 22.8 Å². The van der Waals surface area contributed by atoms with E-state index in [-0.39, 0.29) is 12.2 Å². The number of aromatic nitrogens is 1. The standard InChI is InChI=1S/C14H14BrN3O5/c1-8(14(20)23-2)16-13(19)7-17-6-12(18(21)22)10-4-3-9(15)5-11(10)17/h3-6,8H,7H2,1-2H3,(H,16,19)/t8-/m0/s1. The first kappa shape index (κ1) is 16.9. The number of nitro groups is 1. The van der Waals surface area contributed by atoms with E-state index >= 15 is 0 Å². The van der Waals surface area contributed by atoms with Crippen LogP contribution in [-0.4, -0.2) is 34.5 Å². The minimum atomic E-state index is -0.795. The van der Waals surface area contributed by atoms with Crippen LogP contribution in [0.5, 0.6) is 0 Å². The van der Waals surface area contributed by atoms with Gasteiger partial charge in [-0.3, -0.25) is 14.9 Å². The molecule has 1 atom stereocenters. The molecule has 0 saturated heterocycles. The topological polar surface area (TPSA) is 103 Å². The van der Waals surface area contributed by atoms with E-state index in [1.165, 1.54) is 24.8 Å². The highest BCUT2D eigenvalue weighted by molar-refractivity contribution is 9.10. The van der Waals surface area contributed by atoms with Gasteiger partial charge in [0.2, 0.25) is 5.91 Å². The van der Waals surface area contributed by atoms with Gasteiger partial charge in [0.05, 0.1) is 29.1 Å². The molecule has 9 heteroatoms. The van der Waals surface area contributed by atoms with Crippen molar-refractivity contribution in [1.29, 1.82) is 0 Å². The molecule has 1 aromatic carbocycles. The average molecular weight is 384 g/mol. The highest BCUT2D eigenvalue weighted by Crippen LogP contribution is 2.30. The summed E-state index contributed by atoms with van der Waals surface area (Å²) in [6, 6.07) is 4.21. The molecule has 1 amide bonds. The number of fused-ring (bicyclic) bond motifs is 1. The van der Waals surface area contributed by atoms with Gasteiger partial charge in [0.15, 0.2) is 0 Å². The number of halogens is 1. The van der Waals surface area contributed by atoms with E-state index in [1.54, 1.807) is 18.2 Å². The number of hydrogen-bond acceptors (Lipinski definition) is 5. The first-order valence-electron chi connectivity index (χ1n) is 6.63. The van der Waals surface area contributed by atoms with Gasteiger partial charge in [-0.2, -0.15) is 0 Å². The van der Waals surface area contributed by atoms with Crippen molar-refractivity contribution in [3.63, 3.8) is 0 Å². The van der Waals surface area contributed by atoms with E-state index in [4.69, 9.17) is 0 Å². The highest BCUT2D eigenvalue weighted by atomic mass is 79.9. The molecule has 0 radical (unpaired) electrons. The minimum Gasteiger partial charge on any atom is -0.467 e. The number of ether oxygens (including phenoxy) is 1. The quantitative estimate of drug-likeness (QED) is 0.483. The maximum absolute atomic E-state index is 12.0. The summed E-state index contributed by atoms with van der Waals surface area (Å²) in [6.07, 6.45) is 1.31. The number of esters is 1. The van der Waals surface area contributed by atoms with Crippen LogP contribution in [0.25, 0.3) is 10.9 Å². The third kappa shape index (κ3) is 3.67. The van der Waals surface area contributed by atoms with Crippen LogP contribution in [0.3, 0.4) is 0 Å². The van der Waals surface area contributed by atoms with Crippen LogP contribution in [0, 0.1) is 10.1 Å². The van der Waals surface area contributed by atoms with Crippen LogP contribution >= 0.6 is 15.9 Å². The van der Waals surface area contributed by atoms with Crippen molar-refractivity contribution in [2.24, 2.45) is 0 Å². The zero-order valence-corrected chi connectivity index (χ0v) is 14.0. The van der Waals surface area contributed by atoms with Crippen molar-refractivity contribution < 1.29 is 19.2 Å². The van der Waals surface area contributed by atoms with E-state index in [2.05, 4.69) is 26.0 Å². The van der Waals surface area contributed by atoms with Crippen LogP contribution in [0.1, 0.15) is 6.92 Å². The second-order valence-corrected chi connectivity index (χ2v) is 5.79. The Morgan fingerprint density at radius 2 is 2.17 bits per heavy atom. The first-order valence-corrected chi connectivity index (χ1v) is 7.42. The number of amides is 1. The number of methoxy groups -OCH3 is 1. The first-order chi connectivity index (χ1) is 10.8. The molecule has 1 heterocycles. The SMILES string of the molecule is COC(=O)[C@H](C)NC(=O)Cn1cc([N+](=O)[O-])c2ccc(Br)cc21. The molecular formula is C14H14BrN3O5. The molecule has 1 aromatic heterocycles. The molecule has 0 aliphatic heterocycles. The van der Waals surface area contributed by atoms with Crippen LogP contribution in [0.2, 0.25) is 0 Å². The maximum Gasteiger partial charge on any atom is 0.328 e. The van der Waals surface area contributed by atoms with Crippen molar-refractivity contribution in [3.05, 3.63) is 39.0 Å². The lowest BCUT2D eigenvalue weighted by Gasteiger charge is -2.12. The van der Waals surface area contributed by atoms with Crippen LogP contribution in [0.15, 0.2) is 28.9 Å². The number of hydrogen-bond donors (Lipinski definition) is 1. The van der Waals surface area contributed by atoms with Crippen LogP contribution in [0.4, 0.5) is 5.69 Å². The predicted molar refractivity (Wildman–Crippen MR) is 85.9 cm³/mol. The molecule has 0 spiro atoms. The lowest BCUT2D eigenvalue weighted by atomic mass is 10.2. The van der Waals surface area contributed by atoms with Crippen molar-refractivity contribution in [2.75, 3.05) is 7.11 Å². The van der Waals surface area contributed by atoms with Crippen LogP contribution in [-0.2, 0) is 20.9 Å². The molecule has 122 valence electrons. The summed E-state index contributed by atoms with van der Waals surface area (Å²) in [5.74, 6) is -1.01. The molecule has 2 rings (SSSR count). The Morgan fingerprint density at radius 3 is 2.78 bits per heavy atom. The number of nitrogens with one attached hydrogen (secondary N) is 1. The second-order valence-electron chi connectivity index (χ2n) is 4.87. The zero-order chi connectivity index (χ0) is 17.1. The monoisotopic (exact) mass is 383 g/mol. The Balaban J connectivity index is 2.29. The fourth-order valence-corrected chi connectivity index (χ4v) is 2.55. The van der Waals surface area contributed by atoms with Crippen molar-refractivity contribution in [2.45, 2.75) is 19.5 Å². The lowest BCUT2D eigenvalue weighted by Crippen LogP contribution is -2.40. The van der Waals surface area contributed by atoms with Gasteiger partial charge < -0.3 is 14.6 Å². The van der Waals surface area contributed by atoms with Gasteiger partial charge in [0.1, 0.15) is 12.6 Å². The summed E-state index contributed by atoms with van der Waals surface area (Å²) in [4.78, 5) is 34.0. The van der Waals surface area contributed by atoms with Gasteiger partial charge in [-0.05, 0) is 25.1 Å². The summed E-state index contributed by atoms with van der Waals surface area (Å²) >= 11 is 3.30. The Labute approximate surface area is 139 Å². The Morgan fingerprint density at radius 1 is 1.48 bits per heavy atom. The predicted octanol–water partition coefficient (Wildman–Crippen LogP) is 1.99. The number of carbonyl (C=O) groups is 2. The molecule has 0 unspecified atom stereocenters. The average Bonchev–Trinajstić information content (AvgIpc) is 2.84. The number of nitrogens with zero attached hydrogens (tertiary/aromatic N) is 2. The van der Waals surface area contributed by atoms with Gasteiger partial charge in [-0.15, -0.1) is 0 Å². The van der Waals surface area contributed by atoms with Gasteiger partial charge in [-0.1, -0.05) is 15.9 Å². The smallest absolute Gasteiger partial charge is 0.328 e. The third-order valence-electron chi connectivity index (χ3n) is 3.27. The molecule has 0 saturated carbocycles. The molecule has 0 aliphatic carbocycles. The molecular weight excluding hydrogens is 370 g/mol. The largest absolute Gasteiger partial charge is 0.467 e. The van der Waals surface area contributed by atoms with Gasteiger partial charge >= 0.3 is 5.97 Å². The summed E-state index contributed by atoms with van der Waals surface area (Å²) in [5, 5.41) is 14.0. The van der Waals surface area contributed by atoms with Crippen molar-refractivity contribution >= 4 is 44.4 Å². The zero-order valence-electron chi connectivity index (χ0n) is 12.4.